The van der Waals surface area contributed by atoms with Gasteiger partial charge in [0, 0.05) is 11.3 Å². The standard InChI is InChI=1S/C17H18N2O3/c1-3-22-17(21)13-6-4-5-7-15(13)19-16(20)12-9-8-11(2)14(18)10-12/h4-10H,3,18H2,1-2H3,(H,19,20). The molecule has 22 heavy (non-hydrogen) atoms. The van der Waals surface area contributed by atoms with Crippen molar-refractivity contribution in [1.29, 1.82) is 0 Å². The molecule has 0 saturated heterocycles. The second kappa shape index (κ2) is 6.76. The number of hydrogen-bond acceptors (Lipinski definition) is 4. The van der Waals surface area contributed by atoms with E-state index in [1.54, 1.807) is 49.4 Å². The van der Waals surface area contributed by atoms with Crippen LogP contribution in [0.1, 0.15) is 33.2 Å². The molecule has 114 valence electrons. The van der Waals surface area contributed by atoms with Crippen molar-refractivity contribution in [2.75, 3.05) is 17.7 Å². The molecule has 5 nitrogen and oxygen atoms in total. The van der Waals surface area contributed by atoms with Gasteiger partial charge in [0.05, 0.1) is 17.9 Å². The zero-order valence-corrected chi connectivity index (χ0v) is 12.6. The van der Waals surface area contributed by atoms with Gasteiger partial charge in [-0.15, -0.1) is 0 Å². The molecule has 0 aromatic heterocycles. The van der Waals surface area contributed by atoms with Gasteiger partial charge in [0.2, 0.25) is 0 Å². The van der Waals surface area contributed by atoms with Crippen LogP contribution in [-0.2, 0) is 4.74 Å². The lowest BCUT2D eigenvalue weighted by molar-refractivity contribution is 0.0527. The minimum atomic E-state index is -0.471. The van der Waals surface area contributed by atoms with E-state index in [4.69, 9.17) is 10.5 Å². The van der Waals surface area contributed by atoms with E-state index in [1.165, 1.54) is 0 Å². The third-order valence-electron chi connectivity index (χ3n) is 3.21. The fourth-order valence-corrected chi connectivity index (χ4v) is 1.96. The van der Waals surface area contributed by atoms with Crippen molar-refractivity contribution in [2.45, 2.75) is 13.8 Å². The van der Waals surface area contributed by atoms with Gasteiger partial charge in [-0.2, -0.15) is 0 Å². The minimum Gasteiger partial charge on any atom is -0.462 e. The summed E-state index contributed by atoms with van der Waals surface area (Å²) in [5, 5.41) is 2.72. The largest absolute Gasteiger partial charge is 0.462 e. The van der Waals surface area contributed by atoms with Crippen LogP contribution in [0.15, 0.2) is 42.5 Å². The van der Waals surface area contributed by atoms with Gasteiger partial charge >= 0.3 is 5.97 Å². The molecule has 2 aromatic rings. The van der Waals surface area contributed by atoms with Crippen LogP contribution in [0, 0.1) is 6.92 Å². The number of amides is 1. The maximum atomic E-state index is 12.3. The first kappa shape index (κ1) is 15.6. The highest BCUT2D eigenvalue weighted by Crippen LogP contribution is 2.19. The summed E-state index contributed by atoms with van der Waals surface area (Å²) in [6.07, 6.45) is 0. The van der Waals surface area contributed by atoms with Crippen molar-refractivity contribution < 1.29 is 14.3 Å². The number of anilines is 2. The third-order valence-corrected chi connectivity index (χ3v) is 3.21. The van der Waals surface area contributed by atoms with Crippen LogP contribution in [0.25, 0.3) is 0 Å². The Balaban J connectivity index is 2.25. The maximum absolute atomic E-state index is 12.3. The van der Waals surface area contributed by atoms with Crippen LogP contribution >= 0.6 is 0 Å². The molecule has 2 aromatic carbocycles. The topological polar surface area (TPSA) is 81.4 Å². The monoisotopic (exact) mass is 298 g/mol. The number of carbonyl (C=O) groups excluding carboxylic acids is 2. The average molecular weight is 298 g/mol. The number of carbonyl (C=O) groups is 2. The molecule has 5 heteroatoms. The molecule has 2 rings (SSSR count). The normalized spacial score (nSPS) is 10.1. The number of nitrogens with two attached hydrogens (primary N) is 1. The molecular formula is C17H18N2O3. The molecule has 0 aliphatic carbocycles. The number of nitrogens with one attached hydrogen (secondary N) is 1. The Morgan fingerprint density at radius 3 is 2.59 bits per heavy atom. The summed E-state index contributed by atoms with van der Waals surface area (Å²) < 4.78 is 4.98. The zero-order valence-electron chi connectivity index (χ0n) is 12.6. The Kier molecular flexibility index (Phi) is 4.78. The molecule has 0 atom stereocenters. The second-order valence-electron chi connectivity index (χ2n) is 4.79. The Morgan fingerprint density at radius 2 is 1.91 bits per heavy atom. The first-order valence-corrected chi connectivity index (χ1v) is 6.96. The lowest BCUT2D eigenvalue weighted by Crippen LogP contribution is -2.16. The van der Waals surface area contributed by atoms with Gasteiger partial charge in [-0.1, -0.05) is 18.2 Å². The molecule has 0 bridgehead atoms. The Hall–Kier alpha value is -2.82. The van der Waals surface area contributed by atoms with Crippen molar-refractivity contribution in [1.82, 2.24) is 0 Å². The van der Waals surface area contributed by atoms with Gasteiger partial charge in [0.15, 0.2) is 0 Å². The molecule has 0 aliphatic rings. The first-order chi connectivity index (χ1) is 10.5. The SMILES string of the molecule is CCOC(=O)c1ccccc1NC(=O)c1ccc(C)c(N)c1. The van der Waals surface area contributed by atoms with E-state index in [9.17, 15) is 9.59 Å². The van der Waals surface area contributed by atoms with Crippen LogP contribution < -0.4 is 11.1 Å². The molecule has 0 radical (unpaired) electrons. The molecule has 0 saturated carbocycles. The maximum Gasteiger partial charge on any atom is 0.340 e. The van der Waals surface area contributed by atoms with E-state index in [0.717, 1.165) is 5.56 Å². The molecule has 3 N–H and O–H groups in total. The van der Waals surface area contributed by atoms with Gasteiger partial charge in [-0.3, -0.25) is 4.79 Å². The van der Waals surface area contributed by atoms with Crippen molar-refractivity contribution in [3.05, 3.63) is 59.2 Å². The highest BCUT2D eigenvalue weighted by molar-refractivity contribution is 6.08. The lowest BCUT2D eigenvalue weighted by atomic mass is 10.1. The Labute approximate surface area is 129 Å². The van der Waals surface area contributed by atoms with Gasteiger partial charge in [0.25, 0.3) is 5.91 Å². The number of nitrogen functional groups attached to an aromatic ring is 1. The number of benzene rings is 2. The van der Waals surface area contributed by atoms with Crippen LogP contribution in [0.4, 0.5) is 11.4 Å². The van der Waals surface area contributed by atoms with Gasteiger partial charge < -0.3 is 15.8 Å². The molecular weight excluding hydrogens is 280 g/mol. The van der Waals surface area contributed by atoms with Gasteiger partial charge in [-0.05, 0) is 43.7 Å². The van der Waals surface area contributed by atoms with Crippen LogP contribution in [0.3, 0.4) is 0 Å². The first-order valence-electron chi connectivity index (χ1n) is 6.96. The molecule has 0 fully saturated rings. The number of aryl methyl sites for hydroxylation is 1. The van der Waals surface area contributed by atoms with E-state index in [0.29, 0.717) is 22.5 Å². The highest BCUT2D eigenvalue weighted by Gasteiger charge is 2.15. The van der Waals surface area contributed by atoms with Crippen molar-refractivity contribution in [2.24, 2.45) is 0 Å². The minimum absolute atomic E-state index is 0.273. The second-order valence-corrected chi connectivity index (χ2v) is 4.79. The smallest absolute Gasteiger partial charge is 0.340 e. The summed E-state index contributed by atoms with van der Waals surface area (Å²) in [6.45, 7) is 3.87. The summed E-state index contributed by atoms with van der Waals surface area (Å²) in [6, 6.07) is 11.8. The van der Waals surface area contributed by atoms with Crippen LogP contribution in [-0.4, -0.2) is 18.5 Å². The molecule has 0 aliphatic heterocycles. The molecule has 0 unspecified atom stereocenters. The number of hydrogen-bond donors (Lipinski definition) is 2. The quantitative estimate of drug-likeness (QED) is 0.671. The van der Waals surface area contributed by atoms with E-state index < -0.39 is 5.97 Å². The fraction of sp³-hybridized carbons (Fsp3) is 0.176. The number of ether oxygens (including phenoxy) is 1. The fourth-order valence-electron chi connectivity index (χ4n) is 1.96. The van der Waals surface area contributed by atoms with Crippen molar-refractivity contribution >= 4 is 23.3 Å². The summed E-state index contributed by atoms with van der Waals surface area (Å²) in [5.41, 5.74) is 8.43. The number of esters is 1. The van der Waals surface area contributed by atoms with E-state index in [-0.39, 0.29) is 12.5 Å². The van der Waals surface area contributed by atoms with Crippen LogP contribution in [0.5, 0.6) is 0 Å². The summed E-state index contributed by atoms with van der Waals surface area (Å²) in [5.74, 6) is -0.801. The average Bonchev–Trinajstić information content (AvgIpc) is 2.50. The van der Waals surface area contributed by atoms with E-state index >= 15 is 0 Å². The summed E-state index contributed by atoms with van der Waals surface area (Å²) in [4.78, 5) is 24.2. The van der Waals surface area contributed by atoms with Crippen molar-refractivity contribution in [3.63, 3.8) is 0 Å². The predicted octanol–water partition coefficient (Wildman–Crippen LogP) is 3.01. The summed E-state index contributed by atoms with van der Waals surface area (Å²) >= 11 is 0. The Bertz CT molecular complexity index is 711. The molecule has 0 heterocycles. The molecule has 0 spiro atoms. The van der Waals surface area contributed by atoms with Gasteiger partial charge in [-0.25, -0.2) is 4.79 Å². The van der Waals surface area contributed by atoms with Gasteiger partial charge in [0.1, 0.15) is 0 Å². The Morgan fingerprint density at radius 1 is 1.18 bits per heavy atom. The lowest BCUT2D eigenvalue weighted by Gasteiger charge is -2.11. The van der Waals surface area contributed by atoms with E-state index in [2.05, 4.69) is 5.32 Å². The molecule has 1 amide bonds. The highest BCUT2D eigenvalue weighted by atomic mass is 16.5. The predicted molar refractivity (Wildman–Crippen MR) is 85.9 cm³/mol. The van der Waals surface area contributed by atoms with Crippen molar-refractivity contribution in [3.8, 4) is 0 Å². The third kappa shape index (κ3) is 3.44. The summed E-state index contributed by atoms with van der Waals surface area (Å²) in [7, 11) is 0. The van der Waals surface area contributed by atoms with Crippen LogP contribution in [0.2, 0.25) is 0 Å². The zero-order chi connectivity index (χ0) is 16.1. The number of para-hydroxylation sites is 1. The van der Waals surface area contributed by atoms with E-state index in [1.807, 2.05) is 6.92 Å². The number of rotatable bonds is 4.